The zero-order valence-corrected chi connectivity index (χ0v) is 13.2. The summed E-state index contributed by atoms with van der Waals surface area (Å²) >= 11 is 6.38. The van der Waals surface area contributed by atoms with Crippen molar-refractivity contribution in [1.29, 1.82) is 0 Å². The van der Waals surface area contributed by atoms with Crippen LogP contribution in [0, 0.1) is 0 Å². The average Bonchev–Trinajstić information content (AvgIpc) is 2.52. The molecule has 2 atom stereocenters. The van der Waals surface area contributed by atoms with Crippen molar-refractivity contribution >= 4 is 11.6 Å². The highest BCUT2D eigenvalue weighted by Gasteiger charge is 2.18. The molecule has 116 valence electrons. The van der Waals surface area contributed by atoms with Gasteiger partial charge in [-0.05, 0) is 56.3 Å². The second-order valence-corrected chi connectivity index (χ2v) is 6.48. The lowest BCUT2D eigenvalue weighted by Crippen LogP contribution is -2.35. The molecule has 4 heteroatoms. The number of ether oxygens (including phenoxy) is 2. The summed E-state index contributed by atoms with van der Waals surface area (Å²) in [6.45, 7) is 2.66. The van der Waals surface area contributed by atoms with Gasteiger partial charge in [-0.2, -0.15) is 0 Å². The Kier molecular flexibility index (Phi) is 5.39. The Balaban J connectivity index is 1.59. The molecule has 1 aromatic rings. The van der Waals surface area contributed by atoms with Crippen molar-refractivity contribution in [3.8, 4) is 5.75 Å². The molecule has 2 fully saturated rings. The highest BCUT2D eigenvalue weighted by molar-refractivity contribution is 6.32. The Morgan fingerprint density at radius 2 is 2.19 bits per heavy atom. The Morgan fingerprint density at radius 3 is 2.90 bits per heavy atom. The lowest BCUT2D eigenvalue weighted by molar-refractivity contribution is 0.00747. The van der Waals surface area contributed by atoms with Gasteiger partial charge in [-0.3, -0.25) is 0 Å². The van der Waals surface area contributed by atoms with Gasteiger partial charge in [0.15, 0.2) is 0 Å². The van der Waals surface area contributed by atoms with Gasteiger partial charge in [-0.25, -0.2) is 0 Å². The summed E-state index contributed by atoms with van der Waals surface area (Å²) < 4.78 is 11.4. The smallest absolute Gasteiger partial charge is 0.138 e. The molecule has 0 aliphatic carbocycles. The van der Waals surface area contributed by atoms with Gasteiger partial charge in [0.05, 0.1) is 11.6 Å². The van der Waals surface area contributed by atoms with Gasteiger partial charge in [0.25, 0.3) is 0 Å². The minimum absolute atomic E-state index is 0.141. The van der Waals surface area contributed by atoms with E-state index in [-0.39, 0.29) is 6.10 Å². The van der Waals surface area contributed by atoms with Gasteiger partial charge in [-0.1, -0.05) is 24.1 Å². The zero-order valence-electron chi connectivity index (χ0n) is 12.4. The van der Waals surface area contributed by atoms with E-state index in [9.17, 15) is 0 Å². The van der Waals surface area contributed by atoms with Gasteiger partial charge in [0.1, 0.15) is 11.9 Å². The van der Waals surface area contributed by atoms with Crippen LogP contribution in [0.25, 0.3) is 0 Å². The minimum atomic E-state index is 0.141. The molecule has 3 nitrogen and oxygen atoms in total. The Labute approximate surface area is 132 Å². The van der Waals surface area contributed by atoms with Crippen molar-refractivity contribution in [3.05, 3.63) is 28.8 Å². The zero-order chi connectivity index (χ0) is 14.5. The van der Waals surface area contributed by atoms with E-state index in [1.54, 1.807) is 0 Å². The summed E-state index contributed by atoms with van der Waals surface area (Å²) in [5.41, 5.74) is 1.28. The highest BCUT2D eigenvalue weighted by atomic mass is 35.5. The maximum absolute atomic E-state index is 6.38. The third-order valence-corrected chi connectivity index (χ3v) is 4.60. The maximum atomic E-state index is 6.38. The van der Waals surface area contributed by atoms with E-state index in [4.69, 9.17) is 21.1 Å². The van der Waals surface area contributed by atoms with E-state index >= 15 is 0 Å². The van der Waals surface area contributed by atoms with Crippen LogP contribution in [-0.4, -0.2) is 31.9 Å². The molecular weight excluding hydrogens is 286 g/mol. The van der Waals surface area contributed by atoms with Crippen molar-refractivity contribution in [1.82, 2.24) is 5.32 Å². The molecule has 1 aromatic carbocycles. The Bertz CT molecular complexity index is 454. The van der Waals surface area contributed by atoms with Crippen LogP contribution in [0.5, 0.6) is 5.75 Å². The molecule has 0 spiro atoms. The molecule has 3 rings (SSSR count). The molecule has 0 amide bonds. The predicted octanol–water partition coefficient (Wildman–Crippen LogP) is 3.58. The molecule has 2 heterocycles. The molecule has 0 bridgehead atoms. The van der Waals surface area contributed by atoms with E-state index in [0.717, 1.165) is 38.2 Å². The largest absolute Gasteiger partial charge is 0.486 e. The van der Waals surface area contributed by atoms with Crippen molar-refractivity contribution in [3.63, 3.8) is 0 Å². The van der Waals surface area contributed by atoms with Crippen molar-refractivity contribution < 1.29 is 9.47 Å². The Hall–Kier alpha value is -0.770. The first-order chi connectivity index (χ1) is 10.3. The lowest BCUT2D eigenvalue weighted by Gasteiger charge is -2.25. The molecule has 1 N–H and O–H groups in total. The molecular formula is C17H24ClNO2. The molecule has 2 saturated heterocycles. The van der Waals surface area contributed by atoms with E-state index in [0.29, 0.717) is 17.7 Å². The number of nitrogens with one attached hydrogen (secondary N) is 1. The van der Waals surface area contributed by atoms with E-state index in [1.807, 2.05) is 6.07 Å². The predicted molar refractivity (Wildman–Crippen MR) is 85.3 cm³/mol. The van der Waals surface area contributed by atoms with Crippen molar-refractivity contribution in [2.24, 2.45) is 0 Å². The number of piperidine rings is 1. The molecule has 0 aromatic heterocycles. The Morgan fingerprint density at radius 1 is 1.24 bits per heavy atom. The van der Waals surface area contributed by atoms with Gasteiger partial charge < -0.3 is 14.8 Å². The number of hydrogen-bond acceptors (Lipinski definition) is 3. The monoisotopic (exact) mass is 309 g/mol. The SMILES string of the molecule is Clc1cc(CC2CCCCN2)ccc1OC1CCCOC1. The summed E-state index contributed by atoms with van der Waals surface area (Å²) in [4.78, 5) is 0. The summed E-state index contributed by atoms with van der Waals surface area (Å²) in [5, 5.41) is 4.29. The van der Waals surface area contributed by atoms with Gasteiger partial charge >= 0.3 is 0 Å². The fourth-order valence-corrected chi connectivity index (χ4v) is 3.38. The fraction of sp³-hybridized carbons (Fsp3) is 0.647. The van der Waals surface area contributed by atoms with Crippen LogP contribution < -0.4 is 10.1 Å². The second kappa shape index (κ2) is 7.48. The minimum Gasteiger partial charge on any atom is -0.486 e. The standard InChI is InChI=1S/C17H24ClNO2/c18-16-11-13(10-14-4-1-2-8-19-14)6-7-17(16)21-15-5-3-9-20-12-15/h6-7,11,14-15,19H,1-5,8-10,12H2. The summed E-state index contributed by atoms with van der Waals surface area (Å²) in [6, 6.07) is 6.79. The first kappa shape index (κ1) is 15.1. The van der Waals surface area contributed by atoms with Crippen LogP contribution in [0.15, 0.2) is 18.2 Å². The molecule has 2 aliphatic rings. The van der Waals surface area contributed by atoms with E-state index in [1.165, 1.54) is 24.8 Å². The van der Waals surface area contributed by atoms with Crippen LogP contribution in [0.1, 0.15) is 37.7 Å². The number of benzene rings is 1. The average molecular weight is 310 g/mol. The maximum Gasteiger partial charge on any atom is 0.138 e. The fourth-order valence-electron chi connectivity index (χ4n) is 3.13. The molecule has 0 saturated carbocycles. The van der Waals surface area contributed by atoms with Crippen LogP contribution in [0.3, 0.4) is 0 Å². The third-order valence-electron chi connectivity index (χ3n) is 4.30. The number of rotatable bonds is 4. The number of hydrogen-bond donors (Lipinski definition) is 1. The molecule has 2 unspecified atom stereocenters. The van der Waals surface area contributed by atoms with Crippen molar-refractivity contribution in [2.45, 2.75) is 50.7 Å². The molecule has 0 radical (unpaired) electrons. The molecule has 21 heavy (non-hydrogen) atoms. The summed E-state index contributed by atoms with van der Waals surface area (Å²) in [6.07, 6.45) is 7.18. The quantitative estimate of drug-likeness (QED) is 0.922. The highest BCUT2D eigenvalue weighted by Crippen LogP contribution is 2.28. The first-order valence-corrected chi connectivity index (χ1v) is 8.45. The molecule has 2 aliphatic heterocycles. The van der Waals surface area contributed by atoms with Crippen LogP contribution in [-0.2, 0) is 11.2 Å². The van der Waals surface area contributed by atoms with Gasteiger partial charge in [-0.15, -0.1) is 0 Å². The van der Waals surface area contributed by atoms with E-state index < -0.39 is 0 Å². The normalized spacial score (nSPS) is 26.5. The van der Waals surface area contributed by atoms with Crippen LogP contribution >= 0.6 is 11.6 Å². The van der Waals surface area contributed by atoms with Gasteiger partial charge in [0, 0.05) is 12.6 Å². The second-order valence-electron chi connectivity index (χ2n) is 6.07. The third kappa shape index (κ3) is 4.35. The van der Waals surface area contributed by atoms with Gasteiger partial charge in [0.2, 0.25) is 0 Å². The van der Waals surface area contributed by atoms with Crippen LogP contribution in [0.2, 0.25) is 5.02 Å². The summed E-state index contributed by atoms with van der Waals surface area (Å²) in [5.74, 6) is 0.785. The topological polar surface area (TPSA) is 30.5 Å². The summed E-state index contributed by atoms with van der Waals surface area (Å²) in [7, 11) is 0. The van der Waals surface area contributed by atoms with Crippen LogP contribution in [0.4, 0.5) is 0 Å². The van der Waals surface area contributed by atoms with E-state index in [2.05, 4.69) is 17.4 Å². The lowest BCUT2D eigenvalue weighted by atomic mass is 9.98. The number of halogens is 1. The first-order valence-electron chi connectivity index (χ1n) is 8.07. The van der Waals surface area contributed by atoms with Crippen molar-refractivity contribution in [2.75, 3.05) is 19.8 Å².